The van der Waals surface area contributed by atoms with Gasteiger partial charge in [0.05, 0.1) is 21.4 Å². The molecule has 1 fully saturated rings. The molecule has 2 rings (SSSR count). The third kappa shape index (κ3) is 2.85. The lowest BCUT2D eigenvalue weighted by atomic mass is 10.2. The number of nitrogen functional groups attached to an aromatic ring is 1. The Labute approximate surface area is 123 Å². The monoisotopic (exact) mass is 326 g/mol. The smallest absolute Gasteiger partial charge is 0.397 e. The van der Waals surface area contributed by atoms with Crippen LogP contribution >= 0.6 is 23.2 Å². The van der Waals surface area contributed by atoms with Gasteiger partial charge in [-0.1, -0.05) is 23.2 Å². The average molecular weight is 327 g/mol. The molecule has 0 amide bonds. The van der Waals surface area contributed by atoms with Gasteiger partial charge in [-0.15, -0.1) is 0 Å². The van der Waals surface area contributed by atoms with Crippen LogP contribution < -0.4 is 16.4 Å². The lowest BCUT2D eigenvalue weighted by Gasteiger charge is -2.27. The van der Waals surface area contributed by atoms with Gasteiger partial charge in [-0.3, -0.25) is 15.6 Å². The number of hydrogen-bond acceptors (Lipinski definition) is 4. The summed E-state index contributed by atoms with van der Waals surface area (Å²) in [6, 6.07) is 2.65. The number of hydrogen-bond donors (Lipinski definition) is 3. The Morgan fingerprint density at radius 1 is 1.20 bits per heavy atom. The molecule has 1 aliphatic rings. The summed E-state index contributed by atoms with van der Waals surface area (Å²) in [5, 5.41) is 5.06. The summed E-state index contributed by atoms with van der Waals surface area (Å²) in [7, 11) is 0. The van der Waals surface area contributed by atoms with Crippen LogP contribution in [0.4, 0.5) is 24.5 Å². The van der Waals surface area contributed by atoms with Gasteiger partial charge < -0.3 is 5.73 Å². The predicted octanol–water partition coefficient (Wildman–Crippen LogP) is 2.73. The summed E-state index contributed by atoms with van der Waals surface area (Å²) in [6.45, 7) is 0.366. The number of halogens is 5. The number of nitrogens with zero attached hydrogens (tertiary/aromatic N) is 1. The van der Waals surface area contributed by atoms with Crippen molar-refractivity contribution >= 4 is 40.8 Å². The molecule has 0 bridgehead atoms. The molecule has 0 aromatic heterocycles. The summed E-state index contributed by atoms with van der Waals surface area (Å²) >= 11 is 11.5. The van der Waals surface area contributed by atoms with Crippen molar-refractivity contribution in [2.75, 3.05) is 18.8 Å². The highest BCUT2D eigenvalue weighted by atomic mass is 35.5. The van der Waals surface area contributed by atoms with E-state index in [9.17, 15) is 13.2 Å². The Bertz CT molecular complexity index is 539. The molecule has 20 heavy (non-hydrogen) atoms. The van der Waals surface area contributed by atoms with Gasteiger partial charge in [-0.05, 0) is 12.1 Å². The third-order valence-electron chi connectivity index (χ3n) is 2.85. The van der Waals surface area contributed by atoms with Crippen LogP contribution in [-0.2, 0) is 0 Å². The molecular formula is C11H11Cl2F3N4. The van der Waals surface area contributed by atoms with Crippen molar-refractivity contribution in [3.63, 3.8) is 0 Å². The van der Waals surface area contributed by atoms with Crippen LogP contribution in [0.25, 0.3) is 0 Å². The van der Waals surface area contributed by atoms with Crippen molar-refractivity contribution in [2.24, 2.45) is 4.99 Å². The Morgan fingerprint density at radius 3 is 2.30 bits per heavy atom. The number of rotatable bonds is 2. The van der Waals surface area contributed by atoms with Gasteiger partial charge in [-0.2, -0.15) is 13.2 Å². The Morgan fingerprint density at radius 2 is 1.75 bits per heavy atom. The maximum atomic E-state index is 13.1. The Balaban J connectivity index is 2.34. The Kier molecular flexibility index (Phi) is 4.15. The molecule has 1 aromatic carbocycles. The highest BCUT2D eigenvalue weighted by Gasteiger charge is 2.55. The van der Waals surface area contributed by atoms with E-state index < -0.39 is 11.8 Å². The van der Waals surface area contributed by atoms with E-state index in [2.05, 4.69) is 15.6 Å². The van der Waals surface area contributed by atoms with Crippen molar-refractivity contribution < 1.29 is 13.2 Å². The number of aliphatic imine (C=N–C) groups is 1. The van der Waals surface area contributed by atoms with E-state index in [4.69, 9.17) is 28.9 Å². The fourth-order valence-corrected chi connectivity index (χ4v) is 2.11. The van der Waals surface area contributed by atoms with E-state index in [-0.39, 0.29) is 34.5 Å². The van der Waals surface area contributed by atoms with Crippen LogP contribution in [-0.4, -0.2) is 31.1 Å². The molecule has 0 radical (unpaired) electrons. The molecule has 1 aliphatic heterocycles. The van der Waals surface area contributed by atoms with E-state index in [1.54, 1.807) is 0 Å². The molecule has 0 unspecified atom stereocenters. The maximum absolute atomic E-state index is 13.1. The third-order valence-corrected chi connectivity index (χ3v) is 3.57. The number of anilines is 1. The molecule has 0 spiro atoms. The van der Waals surface area contributed by atoms with E-state index in [1.165, 1.54) is 12.1 Å². The minimum absolute atomic E-state index is 0.124. The SMILES string of the molecule is Nc1cc(Cl)c(Cl)cc1N=CC1(C(F)(F)F)NCCN1. The van der Waals surface area contributed by atoms with Crippen LogP contribution in [0.5, 0.6) is 0 Å². The quantitative estimate of drug-likeness (QED) is 0.578. The fraction of sp³-hybridized carbons (Fsp3) is 0.364. The van der Waals surface area contributed by atoms with Crippen LogP contribution in [0.3, 0.4) is 0 Å². The molecule has 1 aromatic rings. The molecule has 1 saturated heterocycles. The highest BCUT2D eigenvalue weighted by Crippen LogP contribution is 2.34. The topological polar surface area (TPSA) is 62.4 Å². The summed E-state index contributed by atoms with van der Waals surface area (Å²) in [5.74, 6) is 0. The first-order valence-corrected chi connectivity index (χ1v) is 6.37. The first-order valence-electron chi connectivity index (χ1n) is 5.62. The van der Waals surface area contributed by atoms with Crippen LogP contribution in [0.1, 0.15) is 0 Å². The van der Waals surface area contributed by atoms with E-state index >= 15 is 0 Å². The molecular weight excluding hydrogens is 316 g/mol. The molecule has 0 saturated carbocycles. The normalized spacial score (nSPS) is 18.9. The Hall–Kier alpha value is -1.02. The van der Waals surface area contributed by atoms with E-state index in [0.29, 0.717) is 0 Å². The second-order valence-corrected chi connectivity index (χ2v) is 5.06. The van der Waals surface area contributed by atoms with Crippen LogP contribution in [0.2, 0.25) is 10.0 Å². The second kappa shape index (κ2) is 5.40. The van der Waals surface area contributed by atoms with Gasteiger partial charge in [0, 0.05) is 19.3 Å². The van der Waals surface area contributed by atoms with Gasteiger partial charge in [0.1, 0.15) is 0 Å². The van der Waals surface area contributed by atoms with E-state index in [0.717, 1.165) is 6.21 Å². The van der Waals surface area contributed by atoms with Gasteiger partial charge >= 0.3 is 6.18 Å². The van der Waals surface area contributed by atoms with Gasteiger partial charge in [0.2, 0.25) is 5.66 Å². The van der Waals surface area contributed by atoms with Crippen molar-refractivity contribution in [1.82, 2.24) is 10.6 Å². The van der Waals surface area contributed by atoms with Crippen molar-refractivity contribution in [1.29, 1.82) is 0 Å². The zero-order chi connectivity index (χ0) is 15.0. The molecule has 4 nitrogen and oxygen atoms in total. The lowest BCUT2D eigenvalue weighted by Crippen LogP contribution is -2.62. The zero-order valence-corrected chi connectivity index (χ0v) is 11.6. The van der Waals surface area contributed by atoms with Crippen LogP contribution in [0, 0.1) is 0 Å². The number of benzene rings is 1. The lowest BCUT2D eigenvalue weighted by molar-refractivity contribution is -0.175. The number of nitrogens with two attached hydrogens (primary N) is 1. The minimum Gasteiger partial charge on any atom is -0.397 e. The number of nitrogens with one attached hydrogen (secondary N) is 2. The molecule has 0 atom stereocenters. The zero-order valence-electron chi connectivity index (χ0n) is 10.1. The van der Waals surface area contributed by atoms with Crippen molar-refractivity contribution in [3.05, 3.63) is 22.2 Å². The summed E-state index contributed by atoms with van der Waals surface area (Å²) in [5.41, 5.74) is 3.56. The van der Waals surface area contributed by atoms with Crippen LogP contribution in [0.15, 0.2) is 17.1 Å². The van der Waals surface area contributed by atoms with Crippen molar-refractivity contribution in [3.8, 4) is 0 Å². The molecule has 110 valence electrons. The average Bonchev–Trinajstić information content (AvgIpc) is 2.81. The summed E-state index contributed by atoms with van der Waals surface area (Å²) in [6.07, 6.45) is -3.78. The highest BCUT2D eigenvalue weighted by molar-refractivity contribution is 6.42. The predicted molar refractivity (Wildman–Crippen MR) is 73.8 cm³/mol. The maximum Gasteiger partial charge on any atom is 0.425 e. The fourth-order valence-electron chi connectivity index (χ4n) is 1.78. The summed E-state index contributed by atoms with van der Waals surface area (Å²) in [4.78, 5) is 3.79. The first kappa shape index (κ1) is 15.4. The molecule has 1 heterocycles. The molecule has 9 heteroatoms. The number of alkyl halides is 3. The second-order valence-electron chi connectivity index (χ2n) is 4.24. The molecule has 0 aliphatic carbocycles. The largest absolute Gasteiger partial charge is 0.425 e. The summed E-state index contributed by atoms with van der Waals surface area (Å²) < 4.78 is 39.2. The van der Waals surface area contributed by atoms with E-state index in [1.807, 2.05) is 0 Å². The molecule has 4 N–H and O–H groups in total. The van der Waals surface area contributed by atoms with Crippen molar-refractivity contribution in [2.45, 2.75) is 11.8 Å². The minimum atomic E-state index is -4.53. The standard InChI is InChI=1S/C11H11Cl2F3N4/c12-6-3-8(17)9(4-7(6)13)18-5-10(11(14,15)16)19-1-2-20-10/h3-5,19-20H,1-2,17H2. The first-order chi connectivity index (χ1) is 9.25. The van der Waals surface area contributed by atoms with Gasteiger partial charge in [0.25, 0.3) is 0 Å². The van der Waals surface area contributed by atoms with Gasteiger partial charge in [0.15, 0.2) is 0 Å². The van der Waals surface area contributed by atoms with Gasteiger partial charge in [-0.25, -0.2) is 0 Å².